The molecule has 2 amide bonds. The molecule has 15 heavy (non-hydrogen) atoms. The van der Waals surface area contributed by atoms with E-state index in [9.17, 15) is 9.59 Å². The maximum absolute atomic E-state index is 11.7. The number of rotatable bonds is 2. The Hall–Kier alpha value is -0.710. The van der Waals surface area contributed by atoms with Gasteiger partial charge in [-0.05, 0) is 19.1 Å². The molecule has 0 bridgehead atoms. The molecule has 1 N–H and O–H groups in total. The van der Waals surface area contributed by atoms with E-state index in [1.165, 1.54) is 6.42 Å². The molecule has 0 spiro atoms. The summed E-state index contributed by atoms with van der Waals surface area (Å²) in [5.74, 6) is 0.0434. The number of amides is 2. The highest BCUT2D eigenvalue weighted by Crippen LogP contribution is 2.32. The van der Waals surface area contributed by atoms with Crippen molar-refractivity contribution in [2.45, 2.75) is 30.6 Å². The Labute approximate surface area is 93.8 Å². The minimum Gasteiger partial charge on any atom is -0.345 e. The summed E-state index contributed by atoms with van der Waals surface area (Å²) in [6, 6.07) is 0.276. The van der Waals surface area contributed by atoms with Gasteiger partial charge in [0, 0.05) is 11.3 Å². The molecule has 4 nitrogen and oxygen atoms in total. The molecule has 0 aromatic carbocycles. The summed E-state index contributed by atoms with van der Waals surface area (Å²) in [6.07, 6.45) is 5.46. The number of thioether (sulfide) groups is 1. The van der Waals surface area contributed by atoms with Crippen LogP contribution in [0.15, 0.2) is 0 Å². The first-order valence-electron chi connectivity index (χ1n) is 5.31. The number of piperazine rings is 1. The summed E-state index contributed by atoms with van der Waals surface area (Å²) in [4.78, 5) is 24.7. The van der Waals surface area contributed by atoms with E-state index in [1.54, 1.807) is 4.90 Å². The Bertz CT molecular complexity index is 283. The molecule has 2 fully saturated rings. The molecular formula is C10H16N2O2S. The van der Waals surface area contributed by atoms with E-state index < -0.39 is 0 Å². The Morgan fingerprint density at radius 3 is 2.93 bits per heavy atom. The molecule has 1 heterocycles. The molecule has 0 aromatic heterocycles. The first kappa shape index (κ1) is 10.8. The molecule has 2 atom stereocenters. The van der Waals surface area contributed by atoms with Gasteiger partial charge in [-0.25, -0.2) is 0 Å². The molecule has 2 aliphatic rings. The topological polar surface area (TPSA) is 49.4 Å². The molecule has 2 rings (SSSR count). The monoisotopic (exact) mass is 228 g/mol. The smallest absolute Gasteiger partial charge is 0.242 e. The van der Waals surface area contributed by atoms with Crippen LogP contribution in [0.5, 0.6) is 0 Å². The number of nitrogens with one attached hydrogen (secondary N) is 1. The SMILES string of the molecule is CSC1CCCC1N1CC(=O)NCC1=O. The molecule has 5 heteroatoms. The van der Waals surface area contributed by atoms with Crippen LogP contribution in [-0.4, -0.2) is 47.4 Å². The van der Waals surface area contributed by atoms with Gasteiger partial charge in [0.15, 0.2) is 0 Å². The molecule has 0 radical (unpaired) electrons. The quantitative estimate of drug-likeness (QED) is 0.736. The second-order valence-electron chi connectivity index (χ2n) is 4.07. The van der Waals surface area contributed by atoms with Crippen LogP contribution in [0.25, 0.3) is 0 Å². The van der Waals surface area contributed by atoms with Crippen molar-refractivity contribution in [3.8, 4) is 0 Å². The summed E-state index contributed by atoms with van der Waals surface area (Å²) in [5.41, 5.74) is 0. The Morgan fingerprint density at radius 2 is 2.20 bits per heavy atom. The van der Waals surface area contributed by atoms with E-state index in [0.29, 0.717) is 5.25 Å². The normalized spacial score (nSPS) is 31.9. The number of hydrogen-bond acceptors (Lipinski definition) is 3. The Balaban J connectivity index is 2.07. The molecule has 0 aromatic rings. The van der Waals surface area contributed by atoms with Crippen molar-refractivity contribution in [1.82, 2.24) is 10.2 Å². The molecule has 1 saturated carbocycles. The predicted molar refractivity (Wildman–Crippen MR) is 59.7 cm³/mol. The maximum Gasteiger partial charge on any atom is 0.242 e. The van der Waals surface area contributed by atoms with Gasteiger partial charge >= 0.3 is 0 Å². The van der Waals surface area contributed by atoms with E-state index in [0.717, 1.165) is 12.8 Å². The highest BCUT2D eigenvalue weighted by atomic mass is 32.2. The van der Waals surface area contributed by atoms with Gasteiger partial charge in [-0.3, -0.25) is 9.59 Å². The summed E-state index contributed by atoms with van der Waals surface area (Å²) in [7, 11) is 0. The van der Waals surface area contributed by atoms with E-state index in [-0.39, 0.29) is 30.9 Å². The third kappa shape index (κ3) is 2.12. The van der Waals surface area contributed by atoms with Crippen LogP contribution in [0.1, 0.15) is 19.3 Å². The van der Waals surface area contributed by atoms with Crippen LogP contribution in [0, 0.1) is 0 Å². The van der Waals surface area contributed by atoms with Gasteiger partial charge in [0.05, 0.1) is 13.1 Å². The third-order valence-electron chi connectivity index (χ3n) is 3.19. The largest absolute Gasteiger partial charge is 0.345 e. The van der Waals surface area contributed by atoms with Gasteiger partial charge < -0.3 is 10.2 Å². The van der Waals surface area contributed by atoms with E-state index in [4.69, 9.17) is 0 Å². The standard InChI is InChI=1S/C10H16N2O2S/c1-15-8-4-2-3-7(8)12-6-9(13)11-5-10(12)14/h7-8H,2-6H2,1H3,(H,11,13). The molecule has 2 unspecified atom stereocenters. The van der Waals surface area contributed by atoms with Crippen LogP contribution >= 0.6 is 11.8 Å². The zero-order valence-electron chi connectivity index (χ0n) is 8.86. The lowest BCUT2D eigenvalue weighted by molar-refractivity contribution is -0.142. The molecule has 84 valence electrons. The van der Waals surface area contributed by atoms with E-state index in [1.807, 2.05) is 11.8 Å². The lowest BCUT2D eigenvalue weighted by Crippen LogP contribution is -2.56. The van der Waals surface area contributed by atoms with Crippen molar-refractivity contribution in [1.29, 1.82) is 0 Å². The second kappa shape index (κ2) is 4.43. The summed E-state index contributed by atoms with van der Waals surface area (Å²) in [6.45, 7) is 0.428. The van der Waals surface area contributed by atoms with Crippen molar-refractivity contribution in [2.75, 3.05) is 19.3 Å². The molecule has 1 aliphatic carbocycles. The van der Waals surface area contributed by atoms with Crippen molar-refractivity contribution in [3.05, 3.63) is 0 Å². The van der Waals surface area contributed by atoms with Gasteiger partial charge in [-0.15, -0.1) is 0 Å². The third-order valence-corrected chi connectivity index (χ3v) is 4.35. The average molecular weight is 228 g/mol. The summed E-state index contributed by atoms with van der Waals surface area (Å²) >= 11 is 1.81. The van der Waals surface area contributed by atoms with Gasteiger partial charge in [0.2, 0.25) is 11.8 Å². The second-order valence-corrected chi connectivity index (χ2v) is 5.15. The van der Waals surface area contributed by atoms with Crippen molar-refractivity contribution >= 4 is 23.6 Å². The zero-order valence-corrected chi connectivity index (χ0v) is 9.68. The average Bonchev–Trinajstić information content (AvgIpc) is 2.69. The van der Waals surface area contributed by atoms with Crippen LogP contribution in [-0.2, 0) is 9.59 Å². The van der Waals surface area contributed by atoms with Crippen LogP contribution in [0.4, 0.5) is 0 Å². The Kier molecular flexibility index (Phi) is 3.19. The Morgan fingerprint density at radius 1 is 1.40 bits per heavy atom. The van der Waals surface area contributed by atoms with Crippen LogP contribution in [0.2, 0.25) is 0 Å². The number of carbonyl (C=O) groups is 2. The number of carbonyl (C=O) groups excluding carboxylic acids is 2. The van der Waals surface area contributed by atoms with Gasteiger partial charge in [-0.2, -0.15) is 11.8 Å². The molecule has 1 saturated heterocycles. The zero-order chi connectivity index (χ0) is 10.8. The van der Waals surface area contributed by atoms with Gasteiger partial charge in [0.1, 0.15) is 0 Å². The fourth-order valence-corrected chi connectivity index (χ4v) is 3.41. The lowest BCUT2D eigenvalue weighted by atomic mass is 10.2. The summed E-state index contributed by atoms with van der Waals surface area (Å²) < 4.78 is 0. The summed E-state index contributed by atoms with van der Waals surface area (Å²) in [5, 5.41) is 3.09. The van der Waals surface area contributed by atoms with Crippen molar-refractivity contribution in [3.63, 3.8) is 0 Å². The minimum atomic E-state index is -0.0265. The fraction of sp³-hybridized carbons (Fsp3) is 0.800. The highest BCUT2D eigenvalue weighted by molar-refractivity contribution is 7.99. The molecule has 1 aliphatic heterocycles. The first-order chi connectivity index (χ1) is 7.22. The maximum atomic E-state index is 11.7. The highest BCUT2D eigenvalue weighted by Gasteiger charge is 2.36. The van der Waals surface area contributed by atoms with E-state index >= 15 is 0 Å². The fourth-order valence-electron chi connectivity index (χ4n) is 2.41. The van der Waals surface area contributed by atoms with Crippen molar-refractivity contribution in [2.24, 2.45) is 0 Å². The minimum absolute atomic E-state index is 0.0265. The number of hydrogen-bond donors (Lipinski definition) is 1. The molecular weight excluding hydrogens is 212 g/mol. The number of nitrogens with zero attached hydrogens (tertiary/aromatic N) is 1. The van der Waals surface area contributed by atoms with Crippen LogP contribution < -0.4 is 5.32 Å². The lowest BCUT2D eigenvalue weighted by Gasteiger charge is -2.34. The van der Waals surface area contributed by atoms with Gasteiger partial charge in [0.25, 0.3) is 0 Å². The van der Waals surface area contributed by atoms with Crippen molar-refractivity contribution < 1.29 is 9.59 Å². The van der Waals surface area contributed by atoms with E-state index in [2.05, 4.69) is 11.6 Å². The first-order valence-corrected chi connectivity index (χ1v) is 6.60. The van der Waals surface area contributed by atoms with Gasteiger partial charge in [-0.1, -0.05) is 6.42 Å². The van der Waals surface area contributed by atoms with Crippen LogP contribution in [0.3, 0.4) is 0 Å². The predicted octanol–water partition coefficient (Wildman–Crippen LogP) is 0.229.